The number of aliphatic imine (C=N–C) groups is 1. The van der Waals surface area contributed by atoms with Gasteiger partial charge in [-0.05, 0) is 42.7 Å². The summed E-state index contributed by atoms with van der Waals surface area (Å²) in [5.74, 6) is -2.21. The van der Waals surface area contributed by atoms with Crippen LogP contribution in [0.15, 0.2) is 65.8 Å². The van der Waals surface area contributed by atoms with E-state index in [1.54, 1.807) is 38.1 Å². The van der Waals surface area contributed by atoms with Crippen LogP contribution in [0.2, 0.25) is 0 Å². The number of fused-ring (bicyclic) bond motifs is 1. The smallest absolute Gasteiger partial charge is 0.288 e. The van der Waals surface area contributed by atoms with Crippen molar-refractivity contribution in [2.45, 2.75) is 44.7 Å². The molecule has 12 nitrogen and oxygen atoms in total. The Balaban J connectivity index is 1.43. The minimum absolute atomic E-state index is 0.0471. The van der Waals surface area contributed by atoms with Gasteiger partial charge in [0.05, 0.1) is 11.7 Å². The molecular formula is C27H33N7O5. The molecule has 4 rings (SSSR count). The number of ether oxygens (including phenoxy) is 1. The summed E-state index contributed by atoms with van der Waals surface area (Å²) in [5.41, 5.74) is 11.9. The average molecular weight is 536 g/mol. The molecule has 0 bridgehead atoms. The maximum absolute atomic E-state index is 13.3. The van der Waals surface area contributed by atoms with Gasteiger partial charge >= 0.3 is 0 Å². The lowest BCUT2D eigenvalue weighted by Crippen LogP contribution is -2.51. The summed E-state index contributed by atoms with van der Waals surface area (Å²) in [4.78, 5) is 31.2. The maximum atomic E-state index is 13.3. The van der Waals surface area contributed by atoms with Crippen molar-refractivity contribution in [3.63, 3.8) is 0 Å². The third kappa shape index (κ3) is 6.08. The maximum Gasteiger partial charge on any atom is 0.288 e. The molecule has 206 valence electrons. The number of amides is 2. The van der Waals surface area contributed by atoms with Gasteiger partial charge < -0.3 is 30.9 Å². The molecule has 0 spiro atoms. The van der Waals surface area contributed by atoms with Crippen molar-refractivity contribution in [2.75, 3.05) is 18.1 Å². The first-order valence-electron chi connectivity index (χ1n) is 12.6. The molecular weight excluding hydrogens is 502 g/mol. The van der Waals surface area contributed by atoms with E-state index in [0.717, 1.165) is 23.4 Å². The Kier molecular flexibility index (Phi) is 8.59. The fourth-order valence-electron chi connectivity index (χ4n) is 4.53. The molecule has 0 aromatic heterocycles. The molecule has 2 aromatic carbocycles. The number of hydrazine groups is 1. The van der Waals surface area contributed by atoms with Crippen LogP contribution >= 0.6 is 0 Å². The Labute approximate surface area is 226 Å². The Morgan fingerprint density at radius 3 is 2.59 bits per heavy atom. The van der Waals surface area contributed by atoms with Gasteiger partial charge in [-0.25, -0.2) is 10.4 Å². The molecule has 0 aliphatic carbocycles. The molecule has 0 saturated heterocycles. The average Bonchev–Trinajstić information content (AvgIpc) is 3.60. The van der Waals surface area contributed by atoms with Gasteiger partial charge in [-0.2, -0.15) is 0 Å². The standard InChI is InChI=1S/C27H33N7O5/c1-3-30-27(29)39-24(28)21-20-8-5-4-7-18(20)15-33(21)26(38)23(36)22(35)25(37)32-16(2)17-9-11-19(12-10-17)34-14-6-13-31-34/h4-12,14,16,21-23,28,31,35-36H,3,13,15H2,1-2H3,(H2,29,30)(H,32,37)/t16-,21+,22-,23-/m1/s1. The van der Waals surface area contributed by atoms with Gasteiger partial charge in [0.15, 0.2) is 12.2 Å². The van der Waals surface area contributed by atoms with Crippen molar-refractivity contribution >= 4 is 29.4 Å². The minimum Gasteiger partial charge on any atom is -0.409 e. The highest BCUT2D eigenvalue weighted by Gasteiger charge is 2.43. The lowest BCUT2D eigenvalue weighted by molar-refractivity contribution is -0.154. The number of amidine groups is 1. The van der Waals surface area contributed by atoms with Gasteiger partial charge in [0.2, 0.25) is 5.90 Å². The van der Waals surface area contributed by atoms with E-state index in [1.807, 2.05) is 41.6 Å². The van der Waals surface area contributed by atoms with E-state index in [9.17, 15) is 19.8 Å². The summed E-state index contributed by atoms with van der Waals surface area (Å²) < 4.78 is 5.33. The minimum atomic E-state index is -2.07. The second kappa shape index (κ2) is 12.1. The number of hydrogen-bond donors (Lipinski definition) is 6. The van der Waals surface area contributed by atoms with Crippen LogP contribution < -0.4 is 21.5 Å². The van der Waals surface area contributed by atoms with Crippen molar-refractivity contribution < 1.29 is 24.5 Å². The molecule has 0 fully saturated rings. The van der Waals surface area contributed by atoms with E-state index in [0.29, 0.717) is 12.1 Å². The van der Waals surface area contributed by atoms with Crippen LogP contribution in [0, 0.1) is 5.41 Å². The number of rotatable bonds is 8. The van der Waals surface area contributed by atoms with Crippen molar-refractivity contribution in [3.8, 4) is 0 Å². The van der Waals surface area contributed by atoms with Crippen LogP contribution in [0.3, 0.4) is 0 Å². The SMILES string of the molecule is CCN=C(N)OC(=N)[C@@H]1c2ccccc2CN1C(=O)[C@H](O)[C@@H](O)C(=O)N[C@H](C)c1ccc(N2C=CCN2)cc1. The Morgan fingerprint density at radius 1 is 1.21 bits per heavy atom. The van der Waals surface area contributed by atoms with E-state index < -0.39 is 36.1 Å². The zero-order valence-corrected chi connectivity index (χ0v) is 21.7. The predicted molar refractivity (Wildman–Crippen MR) is 145 cm³/mol. The Hall–Kier alpha value is -4.26. The van der Waals surface area contributed by atoms with Crippen LogP contribution in [0.4, 0.5) is 5.69 Å². The predicted octanol–water partition coefficient (Wildman–Crippen LogP) is 0.836. The zero-order chi connectivity index (χ0) is 28.1. The lowest BCUT2D eigenvalue weighted by Gasteiger charge is -2.29. The monoisotopic (exact) mass is 535 g/mol. The summed E-state index contributed by atoms with van der Waals surface area (Å²) in [5, 5.41) is 34.3. The second-order valence-electron chi connectivity index (χ2n) is 9.17. The first kappa shape index (κ1) is 27.8. The third-order valence-corrected chi connectivity index (χ3v) is 6.55. The summed E-state index contributed by atoms with van der Waals surface area (Å²) in [6.45, 7) is 4.62. The third-order valence-electron chi connectivity index (χ3n) is 6.55. The van der Waals surface area contributed by atoms with Gasteiger partial charge in [0.25, 0.3) is 17.8 Å². The Morgan fingerprint density at radius 2 is 1.92 bits per heavy atom. The summed E-state index contributed by atoms with van der Waals surface area (Å²) in [7, 11) is 0. The molecule has 2 aliphatic heterocycles. The highest BCUT2D eigenvalue weighted by Crippen LogP contribution is 2.35. The molecule has 2 aromatic rings. The largest absolute Gasteiger partial charge is 0.409 e. The number of hydrogen-bond acceptors (Lipinski definition) is 9. The fraction of sp³-hybridized carbons (Fsp3) is 0.333. The number of anilines is 1. The number of carbonyl (C=O) groups is 2. The summed E-state index contributed by atoms with van der Waals surface area (Å²) in [6.07, 6.45) is -0.206. The first-order valence-corrected chi connectivity index (χ1v) is 12.6. The number of nitrogens with zero attached hydrogens (tertiary/aromatic N) is 3. The molecule has 2 heterocycles. The molecule has 0 radical (unpaired) electrons. The fourth-order valence-corrected chi connectivity index (χ4v) is 4.53. The molecule has 12 heteroatoms. The Bertz CT molecular complexity index is 1280. The van der Waals surface area contributed by atoms with Crippen LogP contribution in [-0.4, -0.2) is 64.1 Å². The normalized spacial score (nSPS) is 18.9. The summed E-state index contributed by atoms with van der Waals surface area (Å²) >= 11 is 0. The van der Waals surface area contributed by atoms with Crippen LogP contribution in [0.1, 0.15) is 42.6 Å². The van der Waals surface area contributed by atoms with Gasteiger partial charge in [-0.15, -0.1) is 0 Å². The number of nitrogens with two attached hydrogens (primary N) is 1. The molecule has 39 heavy (non-hydrogen) atoms. The molecule has 0 unspecified atom stereocenters. The van der Waals surface area contributed by atoms with Gasteiger partial charge in [0, 0.05) is 25.8 Å². The van der Waals surface area contributed by atoms with E-state index in [2.05, 4.69) is 15.7 Å². The number of aliphatic hydroxyl groups is 2. The van der Waals surface area contributed by atoms with Crippen LogP contribution in [0.5, 0.6) is 0 Å². The molecule has 4 atom stereocenters. The summed E-state index contributed by atoms with van der Waals surface area (Å²) in [6, 6.07) is 12.8. The first-order chi connectivity index (χ1) is 18.7. The lowest BCUT2D eigenvalue weighted by atomic mass is 10.0. The van der Waals surface area contributed by atoms with Crippen LogP contribution in [-0.2, 0) is 20.9 Å². The molecule has 0 saturated carbocycles. The van der Waals surface area contributed by atoms with E-state index >= 15 is 0 Å². The van der Waals surface area contributed by atoms with Crippen molar-refractivity contribution in [3.05, 3.63) is 77.5 Å². The van der Waals surface area contributed by atoms with Gasteiger partial charge in [-0.3, -0.25) is 20.0 Å². The number of aliphatic hydroxyl groups excluding tert-OH is 2. The number of benzene rings is 2. The van der Waals surface area contributed by atoms with Crippen molar-refractivity contribution in [1.29, 1.82) is 5.41 Å². The topological polar surface area (TPSA) is 177 Å². The molecule has 2 amide bonds. The van der Waals surface area contributed by atoms with Crippen molar-refractivity contribution in [1.82, 2.24) is 15.6 Å². The van der Waals surface area contributed by atoms with Gasteiger partial charge in [0.1, 0.15) is 6.04 Å². The molecule has 7 N–H and O–H groups in total. The van der Waals surface area contributed by atoms with Gasteiger partial charge in [-0.1, -0.05) is 42.5 Å². The van der Waals surface area contributed by atoms with E-state index in [4.69, 9.17) is 15.9 Å². The number of nitrogens with one attached hydrogen (secondary N) is 3. The molecule has 2 aliphatic rings. The zero-order valence-electron chi connectivity index (χ0n) is 21.7. The second-order valence-corrected chi connectivity index (χ2v) is 9.17. The van der Waals surface area contributed by atoms with E-state index in [1.165, 1.54) is 4.90 Å². The van der Waals surface area contributed by atoms with E-state index in [-0.39, 0.29) is 18.5 Å². The highest BCUT2D eigenvalue weighted by molar-refractivity contribution is 5.97. The number of carbonyl (C=O) groups excluding carboxylic acids is 2. The van der Waals surface area contributed by atoms with Crippen molar-refractivity contribution in [2.24, 2.45) is 10.7 Å². The van der Waals surface area contributed by atoms with Crippen LogP contribution in [0.25, 0.3) is 0 Å². The quantitative estimate of drug-likeness (QED) is 0.213. The highest BCUT2D eigenvalue weighted by atomic mass is 16.5.